The van der Waals surface area contributed by atoms with Gasteiger partial charge in [-0.05, 0) is 25.1 Å². The third-order valence-electron chi connectivity index (χ3n) is 4.25. The van der Waals surface area contributed by atoms with E-state index < -0.39 is 0 Å². The Bertz CT molecular complexity index is 756. The molecule has 1 fully saturated rings. The number of rotatable bonds is 6. The molecule has 2 aromatic rings. The maximum Gasteiger partial charge on any atom is 0.282 e. The molecule has 2 atom stereocenters. The van der Waals surface area contributed by atoms with E-state index in [0.29, 0.717) is 31.2 Å². The molecule has 1 aliphatic rings. The molecular formula is C18H21N3O3S. The van der Waals surface area contributed by atoms with Gasteiger partial charge in [0.2, 0.25) is 5.91 Å². The summed E-state index contributed by atoms with van der Waals surface area (Å²) in [6, 6.07) is 7.72. The van der Waals surface area contributed by atoms with Crippen LogP contribution in [0, 0.1) is 5.92 Å². The maximum absolute atomic E-state index is 12.8. The van der Waals surface area contributed by atoms with E-state index in [0.717, 1.165) is 10.2 Å². The molecule has 0 saturated carbocycles. The van der Waals surface area contributed by atoms with Crippen molar-refractivity contribution in [2.75, 3.05) is 26.2 Å². The zero-order valence-electron chi connectivity index (χ0n) is 14.1. The van der Waals surface area contributed by atoms with Crippen LogP contribution in [0.5, 0.6) is 0 Å². The minimum Gasteiger partial charge on any atom is -0.376 e. The van der Waals surface area contributed by atoms with Crippen molar-refractivity contribution in [1.29, 1.82) is 0 Å². The number of carbonyl (C=O) groups is 2. The molecule has 2 amide bonds. The second kappa shape index (κ2) is 7.76. The molecular weight excluding hydrogens is 338 g/mol. The topological polar surface area (TPSA) is 71.5 Å². The van der Waals surface area contributed by atoms with Gasteiger partial charge in [0.25, 0.3) is 5.91 Å². The summed E-state index contributed by atoms with van der Waals surface area (Å²) < 4.78 is 6.77. The summed E-state index contributed by atoms with van der Waals surface area (Å²) in [6.07, 6.45) is 1.16. The monoisotopic (exact) mass is 359 g/mol. The van der Waals surface area contributed by atoms with E-state index in [2.05, 4.69) is 16.9 Å². The van der Waals surface area contributed by atoms with Gasteiger partial charge >= 0.3 is 0 Å². The lowest BCUT2D eigenvalue weighted by Gasteiger charge is -2.17. The van der Waals surface area contributed by atoms with Gasteiger partial charge in [0.05, 0.1) is 16.3 Å². The number of benzene rings is 1. The van der Waals surface area contributed by atoms with E-state index in [4.69, 9.17) is 4.74 Å². The number of carbonyl (C=O) groups excluding carboxylic acids is 2. The third-order valence-corrected chi connectivity index (χ3v) is 5.27. The second-order valence-corrected chi connectivity index (χ2v) is 6.93. The fourth-order valence-electron chi connectivity index (χ4n) is 3.01. The van der Waals surface area contributed by atoms with Crippen LogP contribution in [0.25, 0.3) is 10.2 Å². The molecule has 1 aromatic heterocycles. The smallest absolute Gasteiger partial charge is 0.282 e. The first-order valence-electron chi connectivity index (χ1n) is 8.29. The number of nitrogens with zero attached hydrogens (tertiary/aromatic N) is 2. The normalized spacial score (nSPS) is 20.0. The van der Waals surface area contributed by atoms with E-state index in [-0.39, 0.29) is 23.8 Å². The molecule has 25 heavy (non-hydrogen) atoms. The average Bonchev–Trinajstić information content (AvgIpc) is 3.23. The molecule has 0 radical (unpaired) electrons. The summed E-state index contributed by atoms with van der Waals surface area (Å²) >= 11 is 1.40. The van der Waals surface area contributed by atoms with Crippen molar-refractivity contribution in [3.8, 4) is 0 Å². The van der Waals surface area contributed by atoms with Crippen LogP contribution in [0.3, 0.4) is 0 Å². The Hall–Kier alpha value is -2.25. The molecule has 0 unspecified atom stereocenters. The van der Waals surface area contributed by atoms with Gasteiger partial charge in [-0.1, -0.05) is 18.7 Å². The molecule has 3 rings (SSSR count). The second-order valence-electron chi connectivity index (χ2n) is 5.90. The number of hydrogen-bond donors (Lipinski definition) is 1. The van der Waals surface area contributed by atoms with Crippen LogP contribution in [0.15, 0.2) is 36.9 Å². The Morgan fingerprint density at radius 3 is 2.96 bits per heavy atom. The van der Waals surface area contributed by atoms with Crippen molar-refractivity contribution in [3.05, 3.63) is 41.9 Å². The highest BCUT2D eigenvalue weighted by molar-refractivity contribution is 7.20. The maximum atomic E-state index is 12.8. The number of amides is 2. The molecule has 132 valence electrons. The first kappa shape index (κ1) is 17.6. The molecule has 7 heteroatoms. The Balaban J connectivity index is 1.71. The quantitative estimate of drug-likeness (QED) is 0.802. The van der Waals surface area contributed by atoms with Gasteiger partial charge in [-0.3, -0.25) is 9.59 Å². The number of para-hydroxylation sites is 1. The van der Waals surface area contributed by atoms with Crippen molar-refractivity contribution in [1.82, 2.24) is 15.2 Å². The average molecular weight is 359 g/mol. The van der Waals surface area contributed by atoms with Crippen LogP contribution in [0.2, 0.25) is 0 Å². The zero-order chi connectivity index (χ0) is 17.8. The van der Waals surface area contributed by atoms with Crippen LogP contribution < -0.4 is 5.32 Å². The van der Waals surface area contributed by atoms with Gasteiger partial charge < -0.3 is 15.0 Å². The molecule has 0 spiro atoms. The Kier molecular flexibility index (Phi) is 5.45. The van der Waals surface area contributed by atoms with Crippen LogP contribution in [0.1, 0.15) is 16.7 Å². The highest BCUT2D eigenvalue weighted by atomic mass is 32.1. The predicted octanol–water partition coefficient (Wildman–Crippen LogP) is 2.08. The van der Waals surface area contributed by atoms with E-state index >= 15 is 0 Å². The van der Waals surface area contributed by atoms with Gasteiger partial charge in [0, 0.05) is 32.2 Å². The summed E-state index contributed by atoms with van der Waals surface area (Å²) in [4.78, 5) is 30.4. The molecule has 2 heterocycles. The van der Waals surface area contributed by atoms with E-state index in [1.807, 2.05) is 31.2 Å². The number of fused-ring (bicyclic) bond motifs is 1. The lowest BCUT2D eigenvalue weighted by atomic mass is 10.1. The highest BCUT2D eigenvalue weighted by Crippen LogP contribution is 2.26. The fourth-order valence-corrected chi connectivity index (χ4v) is 3.94. The first-order valence-corrected chi connectivity index (χ1v) is 9.10. The van der Waals surface area contributed by atoms with Crippen LogP contribution >= 0.6 is 11.3 Å². The first-order chi connectivity index (χ1) is 12.1. The number of ether oxygens (including phenoxy) is 1. The summed E-state index contributed by atoms with van der Waals surface area (Å²) in [5.41, 5.74) is 0.839. The van der Waals surface area contributed by atoms with Gasteiger partial charge in [-0.25, -0.2) is 4.98 Å². The number of likely N-dealkylation sites (tertiary alicyclic amines) is 1. The van der Waals surface area contributed by atoms with Gasteiger partial charge in [0.1, 0.15) is 0 Å². The standard InChI is InChI=1S/C18H21N3O3S/c1-3-16(22)19-9-12-10-21(11-14(12)24-4-2)18(23)17-20-13-7-5-6-8-15(13)25-17/h3,5-8,12,14H,1,4,9-11H2,2H3,(H,19,22)/t12-,14-/m1/s1. The number of nitrogens with one attached hydrogen (secondary N) is 1. The minimum absolute atomic E-state index is 0.0576. The molecule has 1 N–H and O–H groups in total. The predicted molar refractivity (Wildman–Crippen MR) is 97.6 cm³/mol. The van der Waals surface area contributed by atoms with Crippen LogP contribution in [-0.4, -0.2) is 54.0 Å². The molecule has 0 aliphatic carbocycles. The van der Waals surface area contributed by atoms with E-state index in [9.17, 15) is 9.59 Å². The van der Waals surface area contributed by atoms with E-state index in [1.54, 1.807) is 4.90 Å². The molecule has 1 aliphatic heterocycles. The third kappa shape index (κ3) is 3.88. The Morgan fingerprint density at radius 1 is 1.44 bits per heavy atom. The summed E-state index contributed by atoms with van der Waals surface area (Å²) in [5.74, 6) is -0.239. The van der Waals surface area contributed by atoms with Crippen molar-refractivity contribution in [3.63, 3.8) is 0 Å². The summed E-state index contributed by atoms with van der Waals surface area (Å²) in [5, 5.41) is 3.29. The Morgan fingerprint density at radius 2 is 2.24 bits per heavy atom. The lowest BCUT2D eigenvalue weighted by Crippen LogP contribution is -2.34. The number of aromatic nitrogens is 1. The van der Waals surface area contributed by atoms with Crippen molar-refractivity contribution >= 4 is 33.4 Å². The molecule has 6 nitrogen and oxygen atoms in total. The summed E-state index contributed by atoms with van der Waals surface area (Å²) in [6.45, 7) is 7.45. The van der Waals surface area contributed by atoms with Crippen molar-refractivity contribution < 1.29 is 14.3 Å². The highest BCUT2D eigenvalue weighted by Gasteiger charge is 2.37. The van der Waals surface area contributed by atoms with Crippen LogP contribution in [0.4, 0.5) is 0 Å². The fraction of sp³-hybridized carbons (Fsp3) is 0.389. The van der Waals surface area contributed by atoms with Crippen LogP contribution in [-0.2, 0) is 9.53 Å². The van der Waals surface area contributed by atoms with Gasteiger partial charge in [-0.2, -0.15) is 0 Å². The molecule has 1 saturated heterocycles. The molecule has 1 aromatic carbocycles. The van der Waals surface area contributed by atoms with Crippen molar-refractivity contribution in [2.45, 2.75) is 13.0 Å². The molecule has 0 bridgehead atoms. The summed E-state index contributed by atoms with van der Waals surface area (Å²) in [7, 11) is 0. The number of hydrogen-bond acceptors (Lipinski definition) is 5. The van der Waals surface area contributed by atoms with Gasteiger partial charge in [-0.15, -0.1) is 11.3 Å². The Labute approximate surface area is 150 Å². The zero-order valence-corrected chi connectivity index (χ0v) is 14.9. The lowest BCUT2D eigenvalue weighted by molar-refractivity contribution is -0.116. The largest absolute Gasteiger partial charge is 0.376 e. The van der Waals surface area contributed by atoms with Gasteiger partial charge in [0.15, 0.2) is 5.01 Å². The SMILES string of the molecule is C=CC(=O)NC[C@@H]1CN(C(=O)c2nc3ccccc3s2)C[C@H]1OCC. The minimum atomic E-state index is -0.216. The van der Waals surface area contributed by atoms with E-state index in [1.165, 1.54) is 17.4 Å². The number of thiazole rings is 1. The van der Waals surface area contributed by atoms with Crippen molar-refractivity contribution in [2.24, 2.45) is 5.92 Å².